The first-order chi connectivity index (χ1) is 9.79. The molecule has 1 N–H and O–H groups in total. The molecular formula is C15H23BrN2O2S. The number of piperidine rings is 1. The molecule has 1 heterocycles. The number of aryl methyl sites for hydroxylation is 1. The first kappa shape index (κ1) is 16.9. The van der Waals surface area contributed by atoms with E-state index in [2.05, 4.69) is 39.4 Å². The highest BCUT2D eigenvalue weighted by atomic mass is 79.9. The normalized spacial score (nSPS) is 18.3. The standard InChI is InChI=1S/C15H23BrN2O2S/c1-11(2)18-8-6-13(7-9-18)17-21(19,20)15-5-4-12(3)10-14(15)16/h4-5,10-11,13,17H,6-9H2,1-3H3. The van der Waals surface area contributed by atoms with Crippen LogP contribution in [-0.2, 0) is 10.0 Å². The molecule has 0 aromatic heterocycles. The highest BCUT2D eigenvalue weighted by Gasteiger charge is 2.26. The van der Waals surface area contributed by atoms with E-state index in [0.29, 0.717) is 15.4 Å². The Hall–Kier alpha value is -0.430. The maximum atomic E-state index is 12.5. The van der Waals surface area contributed by atoms with Gasteiger partial charge >= 0.3 is 0 Å². The van der Waals surface area contributed by atoms with E-state index in [9.17, 15) is 8.42 Å². The molecule has 0 radical (unpaired) electrons. The van der Waals surface area contributed by atoms with Crippen LogP contribution in [0.1, 0.15) is 32.3 Å². The van der Waals surface area contributed by atoms with E-state index in [-0.39, 0.29) is 6.04 Å². The Labute approximate surface area is 136 Å². The van der Waals surface area contributed by atoms with E-state index >= 15 is 0 Å². The molecular weight excluding hydrogens is 352 g/mol. The average Bonchev–Trinajstić information content (AvgIpc) is 2.38. The summed E-state index contributed by atoms with van der Waals surface area (Å²) in [7, 11) is -3.46. The molecule has 1 aliphatic rings. The SMILES string of the molecule is Cc1ccc(S(=O)(=O)NC2CCN(C(C)C)CC2)c(Br)c1. The van der Waals surface area contributed by atoms with Crippen LogP contribution in [0.3, 0.4) is 0 Å². The third-order valence-corrected chi connectivity index (χ3v) is 6.46. The number of likely N-dealkylation sites (tertiary alicyclic amines) is 1. The van der Waals surface area contributed by atoms with Crippen LogP contribution in [0.4, 0.5) is 0 Å². The molecule has 1 aromatic rings. The smallest absolute Gasteiger partial charge is 0.241 e. The van der Waals surface area contributed by atoms with Gasteiger partial charge in [0.05, 0.1) is 4.90 Å². The van der Waals surface area contributed by atoms with E-state index in [0.717, 1.165) is 31.5 Å². The van der Waals surface area contributed by atoms with Crippen molar-refractivity contribution in [2.24, 2.45) is 0 Å². The second-order valence-corrected chi connectivity index (χ2v) is 8.50. The molecule has 0 bridgehead atoms. The minimum atomic E-state index is -3.46. The molecule has 0 saturated carbocycles. The highest BCUT2D eigenvalue weighted by molar-refractivity contribution is 9.10. The van der Waals surface area contributed by atoms with Gasteiger partial charge in [0.2, 0.25) is 10.0 Å². The van der Waals surface area contributed by atoms with E-state index < -0.39 is 10.0 Å². The molecule has 6 heteroatoms. The summed E-state index contributed by atoms with van der Waals surface area (Å²) in [6.07, 6.45) is 1.72. The summed E-state index contributed by atoms with van der Waals surface area (Å²) < 4.78 is 28.5. The Morgan fingerprint density at radius 2 is 1.90 bits per heavy atom. The molecule has 0 aliphatic carbocycles. The van der Waals surface area contributed by atoms with E-state index in [1.165, 1.54) is 0 Å². The molecule has 4 nitrogen and oxygen atoms in total. The van der Waals surface area contributed by atoms with Crippen molar-refractivity contribution < 1.29 is 8.42 Å². The fraction of sp³-hybridized carbons (Fsp3) is 0.600. The van der Waals surface area contributed by atoms with Crippen LogP contribution in [0.2, 0.25) is 0 Å². The zero-order chi connectivity index (χ0) is 15.6. The first-order valence-electron chi connectivity index (χ1n) is 7.32. The molecule has 2 rings (SSSR count). The molecule has 1 aromatic carbocycles. The van der Waals surface area contributed by atoms with Crippen LogP contribution in [-0.4, -0.2) is 38.5 Å². The number of nitrogens with one attached hydrogen (secondary N) is 1. The lowest BCUT2D eigenvalue weighted by atomic mass is 10.1. The van der Waals surface area contributed by atoms with Gasteiger partial charge in [-0.1, -0.05) is 6.07 Å². The molecule has 21 heavy (non-hydrogen) atoms. The zero-order valence-corrected chi connectivity index (χ0v) is 15.2. The van der Waals surface area contributed by atoms with Crippen molar-refractivity contribution in [1.82, 2.24) is 9.62 Å². The molecule has 0 amide bonds. The summed E-state index contributed by atoms with van der Waals surface area (Å²) in [5.41, 5.74) is 1.03. The van der Waals surface area contributed by atoms with Crippen LogP contribution in [0.5, 0.6) is 0 Å². The Bertz CT molecular complexity index is 594. The van der Waals surface area contributed by atoms with Gasteiger partial charge in [-0.3, -0.25) is 0 Å². The number of hydrogen-bond donors (Lipinski definition) is 1. The number of hydrogen-bond acceptors (Lipinski definition) is 3. The number of sulfonamides is 1. The van der Waals surface area contributed by atoms with Crippen molar-refractivity contribution in [2.45, 2.75) is 50.6 Å². The highest BCUT2D eigenvalue weighted by Crippen LogP contribution is 2.24. The van der Waals surface area contributed by atoms with Crippen LogP contribution in [0.15, 0.2) is 27.6 Å². The van der Waals surface area contributed by atoms with E-state index in [1.54, 1.807) is 6.07 Å². The predicted octanol–water partition coefficient (Wildman–Crippen LogP) is 2.91. The van der Waals surface area contributed by atoms with Gasteiger partial charge in [-0.05, 0) is 80.3 Å². The van der Waals surface area contributed by atoms with Crippen molar-refractivity contribution in [2.75, 3.05) is 13.1 Å². The number of rotatable bonds is 4. The van der Waals surface area contributed by atoms with Gasteiger partial charge in [0, 0.05) is 16.6 Å². The van der Waals surface area contributed by atoms with Crippen molar-refractivity contribution in [3.8, 4) is 0 Å². The maximum absolute atomic E-state index is 12.5. The van der Waals surface area contributed by atoms with Crippen LogP contribution in [0, 0.1) is 6.92 Å². The van der Waals surface area contributed by atoms with Crippen molar-refractivity contribution in [3.05, 3.63) is 28.2 Å². The quantitative estimate of drug-likeness (QED) is 0.881. The fourth-order valence-electron chi connectivity index (χ4n) is 2.64. The monoisotopic (exact) mass is 374 g/mol. The average molecular weight is 375 g/mol. The van der Waals surface area contributed by atoms with Crippen molar-refractivity contribution in [1.29, 1.82) is 0 Å². The van der Waals surface area contributed by atoms with Gasteiger partial charge in [0.1, 0.15) is 0 Å². The fourth-order valence-corrected chi connectivity index (χ4v) is 5.14. The Morgan fingerprint density at radius 3 is 2.43 bits per heavy atom. The summed E-state index contributed by atoms with van der Waals surface area (Å²) in [6.45, 7) is 8.18. The molecule has 0 spiro atoms. The number of benzene rings is 1. The van der Waals surface area contributed by atoms with Crippen LogP contribution in [0.25, 0.3) is 0 Å². The van der Waals surface area contributed by atoms with Crippen LogP contribution < -0.4 is 4.72 Å². The van der Waals surface area contributed by atoms with Gasteiger partial charge in [0.15, 0.2) is 0 Å². The minimum Gasteiger partial charge on any atom is -0.301 e. The lowest BCUT2D eigenvalue weighted by Crippen LogP contribution is -2.46. The number of halogens is 1. The summed E-state index contributed by atoms with van der Waals surface area (Å²) in [6, 6.07) is 5.86. The van der Waals surface area contributed by atoms with E-state index in [4.69, 9.17) is 0 Å². The molecule has 1 fully saturated rings. The summed E-state index contributed by atoms with van der Waals surface area (Å²) in [4.78, 5) is 2.70. The van der Waals surface area contributed by atoms with Gasteiger partial charge in [-0.2, -0.15) is 0 Å². The predicted molar refractivity (Wildman–Crippen MR) is 88.9 cm³/mol. The zero-order valence-electron chi connectivity index (χ0n) is 12.8. The van der Waals surface area contributed by atoms with Crippen molar-refractivity contribution in [3.63, 3.8) is 0 Å². The minimum absolute atomic E-state index is 0.0261. The first-order valence-corrected chi connectivity index (χ1v) is 9.60. The van der Waals surface area contributed by atoms with E-state index in [1.807, 2.05) is 19.1 Å². The van der Waals surface area contributed by atoms with Crippen molar-refractivity contribution >= 4 is 26.0 Å². The van der Waals surface area contributed by atoms with Crippen LogP contribution >= 0.6 is 15.9 Å². The summed E-state index contributed by atoms with van der Waals surface area (Å²) in [5.74, 6) is 0. The maximum Gasteiger partial charge on any atom is 0.241 e. The number of nitrogens with zero attached hydrogens (tertiary/aromatic N) is 1. The van der Waals surface area contributed by atoms with Gasteiger partial charge in [0.25, 0.3) is 0 Å². The molecule has 118 valence electrons. The lowest BCUT2D eigenvalue weighted by Gasteiger charge is -2.34. The molecule has 1 aliphatic heterocycles. The lowest BCUT2D eigenvalue weighted by molar-refractivity contribution is 0.168. The second-order valence-electron chi connectivity index (χ2n) is 5.96. The summed E-state index contributed by atoms with van der Waals surface area (Å²) >= 11 is 3.35. The third kappa shape index (κ3) is 4.28. The van der Waals surface area contributed by atoms with Gasteiger partial charge in [-0.25, -0.2) is 13.1 Å². The van der Waals surface area contributed by atoms with Gasteiger partial charge < -0.3 is 4.90 Å². The topological polar surface area (TPSA) is 49.4 Å². The third-order valence-electron chi connectivity index (χ3n) is 3.96. The molecule has 0 atom stereocenters. The largest absolute Gasteiger partial charge is 0.301 e. The Morgan fingerprint density at radius 1 is 1.29 bits per heavy atom. The Kier molecular flexibility index (Phi) is 5.46. The van der Waals surface area contributed by atoms with Gasteiger partial charge in [-0.15, -0.1) is 0 Å². The second kappa shape index (κ2) is 6.77. The molecule has 1 saturated heterocycles. The molecule has 0 unspecified atom stereocenters. The Balaban J connectivity index is 2.05. The summed E-state index contributed by atoms with van der Waals surface area (Å²) in [5, 5.41) is 0.